The summed E-state index contributed by atoms with van der Waals surface area (Å²) in [4.78, 5) is 35.0. The number of hydrogen-bond acceptors (Lipinski definition) is 6. The van der Waals surface area contributed by atoms with E-state index >= 15 is 0 Å². The Morgan fingerprint density at radius 3 is 2.96 bits per heavy atom. The third-order valence-electron chi connectivity index (χ3n) is 4.16. The number of amides is 2. The zero-order valence-electron chi connectivity index (χ0n) is 14.8. The molecule has 0 aromatic carbocycles. The molecule has 2 amide bonds. The molecule has 2 atom stereocenters. The number of aromatic nitrogens is 4. The molecule has 1 aliphatic heterocycles. The number of aromatic amines is 1. The van der Waals surface area contributed by atoms with E-state index in [1.165, 1.54) is 4.90 Å². The Kier molecular flexibility index (Phi) is 5.27. The van der Waals surface area contributed by atoms with Crippen molar-refractivity contribution < 1.29 is 9.59 Å². The molecule has 26 heavy (non-hydrogen) atoms. The molecule has 0 bridgehead atoms. The van der Waals surface area contributed by atoms with Crippen molar-refractivity contribution in [2.24, 2.45) is 5.73 Å². The monoisotopic (exact) mass is 357 g/mol. The standard InChI is InChI=1S/C17H23N7O2/c1-10(2)20-17(26)13-6-12(18)9-24(13)15(25)7-14-21-16(23-22-14)11-4-3-5-19-8-11/h3-5,8,10,12-13H,6-7,9,18H2,1-2H3,(H,20,26)(H,21,22,23)/t12-,13-/m0/s1. The number of nitrogens with zero attached hydrogens (tertiary/aromatic N) is 4. The SMILES string of the molecule is CC(C)NC(=O)[C@@H]1C[C@H](N)CN1C(=O)Cc1nc(-c2cccnc2)n[nH]1. The number of carbonyl (C=O) groups excluding carboxylic acids is 2. The predicted octanol–water partition coefficient (Wildman–Crippen LogP) is -0.138. The lowest BCUT2D eigenvalue weighted by Crippen LogP contribution is -2.48. The average molecular weight is 357 g/mol. The minimum atomic E-state index is -0.541. The van der Waals surface area contributed by atoms with Gasteiger partial charge in [-0.05, 0) is 32.4 Å². The largest absolute Gasteiger partial charge is 0.352 e. The fourth-order valence-corrected chi connectivity index (χ4v) is 3.02. The van der Waals surface area contributed by atoms with Gasteiger partial charge in [0.25, 0.3) is 0 Å². The maximum absolute atomic E-state index is 12.7. The highest BCUT2D eigenvalue weighted by Crippen LogP contribution is 2.19. The van der Waals surface area contributed by atoms with E-state index in [1.54, 1.807) is 18.5 Å². The van der Waals surface area contributed by atoms with Crippen LogP contribution in [0.1, 0.15) is 26.1 Å². The molecular weight excluding hydrogens is 334 g/mol. The first kappa shape index (κ1) is 18.0. The molecule has 3 rings (SSSR count). The first-order valence-corrected chi connectivity index (χ1v) is 8.61. The Labute approximate surface area is 151 Å². The van der Waals surface area contributed by atoms with Crippen LogP contribution >= 0.6 is 0 Å². The van der Waals surface area contributed by atoms with Crippen LogP contribution in [0.3, 0.4) is 0 Å². The molecule has 0 radical (unpaired) electrons. The van der Waals surface area contributed by atoms with Crippen LogP contribution in [0.15, 0.2) is 24.5 Å². The van der Waals surface area contributed by atoms with Crippen molar-refractivity contribution in [3.8, 4) is 11.4 Å². The van der Waals surface area contributed by atoms with Gasteiger partial charge in [-0.15, -0.1) is 0 Å². The second-order valence-corrected chi connectivity index (χ2v) is 6.75. The topological polar surface area (TPSA) is 130 Å². The Hall–Kier alpha value is -2.81. The van der Waals surface area contributed by atoms with Gasteiger partial charge in [0.1, 0.15) is 11.9 Å². The third-order valence-corrected chi connectivity index (χ3v) is 4.16. The molecule has 0 spiro atoms. The normalized spacial score (nSPS) is 19.8. The van der Waals surface area contributed by atoms with Gasteiger partial charge in [-0.3, -0.25) is 19.7 Å². The van der Waals surface area contributed by atoms with Crippen LogP contribution < -0.4 is 11.1 Å². The maximum atomic E-state index is 12.7. The van der Waals surface area contributed by atoms with Gasteiger partial charge in [0.15, 0.2) is 5.82 Å². The van der Waals surface area contributed by atoms with E-state index in [0.29, 0.717) is 24.6 Å². The zero-order chi connectivity index (χ0) is 18.7. The van der Waals surface area contributed by atoms with Crippen LogP contribution in [0.5, 0.6) is 0 Å². The highest BCUT2D eigenvalue weighted by atomic mass is 16.2. The fourth-order valence-electron chi connectivity index (χ4n) is 3.02. The van der Waals surface area contributed by atoms with Crippen molar-refractivity contribution in [2.75, 3.05) is 6.54 Å². The summed E-state index contributed by atoms with van der Waals surface area (Å²) >= 11 is 0. The molecule has 2 aromatic rings. The summed E-state index contributed by atoms with van der Waals surface area (Å²) in [5, 5.41) is 9.75. The highest BCUT2D eigenvalue weighted by Gasteiger charge is 2.38. The molecule has 0 saturated carbocycles. The second kappa shape index (κ2) is 7.61. The van der Waals surface area contributed by atoms with E-state index in [2.05, 4.69) is 25.5 Å². The van der Waals surface area contributed by atoms with Gasteiger partial charge >= 0.3 is 0 Å². The highest BCUT2D eigenvalue weighted by molar-refractivity contribution is 5.89. The van der Waals surface area contributed by atoms with E-state index in [-0.39, 0.29) is 30.3 Å². The van der Waals surface area contributed by atoms with E-state index in [1.807, 2.05) is 19.9 Å². The van der Waals surface area contributed by atoms with Gasteiger partial charge in [0, 0.05) is 36.6 Å². The molecule has 1 saturated heterocycles. The van der Waals surface area contributed by atoms with Crippen LogP contribution in [-0.2, 0) is 16.0 Å². The minimum absolute atomic E-state index is 0.00703. The lowest BCUT2D eigenvalue weighted by atomic mass is 10.1. The molecule has 3 heterocycles. The summed E-state index contributed by atoms with van der Waals surface area (Å²) in [6.45, 7) is 4.12. The third kappa shape index (κ3) is 4.05. The van der Waals surface area contributed by atoms with E-state index in [9.17, 15) is 9.59 Å². The van der Waals surface area contributed by atoms with Gasteiger partial charge in [-0.1, -0.05) is 0 Å². The van der Waals surface area contributed by atoms with E-state index < -0.39 is 6.04 Å². The molecule has 0 unspecified atom stereocenters. The summed E-state index contributed by atoms with van der Waals surface area (Å²) in [6, 6.07) is 2.89. The summed E-state index contributed by atoms with van der Waals surface area (Å²) in [7, 11) is 0. The number of hydrogen-bond donors (Lipinski definition) is 3. The van der Waals surface area contributed by atoms with Gasteiger partial charge in [0.2, 0.25) is 11.8 Å². The van der Waals surface area contributed by atoms with Gasteiger partial charge in [-0.2, -0.15) is 5.10 Å². The van der Waals surface area contributed by atoms with E-state index in [4.69, 9.17) is 5.73 Å². The molecule has 9 nitrogen and oxygen atoms in total. The van der Waals surface area contributed by atoms with Gasteiger partial charge in [0.05, 0.1) is 6.42 Å². The molecule has 138 valence electrons. The van der Waals surface area contributed by atoms with Gasteiger partial charge in [-0.25, -0.2) is 4.98 Å². The van der Waals surface area contributed by atoms with Gasteiger partial charge < -0.3 is 16.0 Å². The summed E-state index contributed by atoms with van der Waals surface area (Å²) < 4.78 is 0. The molecule has 1 fully saturated rings. The molecule has 1 aliphatic rings. The number of rotatable bonds is 5. The van der Waals surface area contributed by atoms with Crippen molar-refractivity contribution in [2.45, 2.75) is 44.8 Å². The first-order chi connectivity index (χ1) is 12.4. The Morgan fingerprint density at radius 1 is 1.46 bits per heavy atom. The van der Waals surface area contributed by atoms with Crippen molar-refractivity contribution in [3.05, 3.63) is 30.4 Å². The van der Waals surface area contributed by atoms with Crippen molar-refractivity contribution >= 4 is 11.8 Å². The number of H-pyrrole nitrogens is 1. The summed E-state index contributed by atoms with van der Waals surface area (Å²) in [5.74, 6) is 0.552. The number of nitrogens with two attached hydrogens (primary N) is 1. The zero-order valence-corrected chi connectivity index (χ0v) is 14.8. The Bertz CT molecular complexity index is 774. The number of carbonyl (C=O) groups is 2. The quantitative estimate of drug-likeness (QED) is 0.683. The van der Waals surface area contributed by atoms with Crippen molar-refractivity contribution in [3.63, 3.8) is 0 Å². The van der Waals surface area contributed by atoms with Crippen LogP contribution in [-0.4, -0.2) is 61.5 Å². The van der Waals surface area contributed by atoms with Crippen molar-refractivity contribution in [1.29, 1.82) is 0 Å². The summed E-state index contributed by atoms with van der Waals surface area (Å²) in [5.41, 5.74) is 6.74. The Morgan fingerprint density at radius 2 is 2.27 bits per heavy atom. The number of likely N-dealkylation sites (tertiary alicyclic amines) is 1. The molecule has 2 aromatic heterocycles. The van der Waals surface area contributed by atoms with Crippen LogP contribution in [0, 0.1) is 0 Å². The maximum Gasteiger partial charge on any atom is 0.243 e. The van der Waals surface area contributed by atoms with E-state index in [0.717, 1.165) is 5.56 Å². The molecular formula is C17H23N7O2. The lowest BCUT2D eigenvalue weighted by molar-refractivity contribution is -0.138. The van der Waals surface area contributed by atoms with Crippen LogP contribution in [0.2, 0.25) is 0 Å². The molecule has 4 N–H and O–H groups in total. The first-order valence-electron chi connectivity index (χ1n) is 8.61. The summed E-state index contributed by atoms with van der Waals surface area (Å²) in [6.07, 6.45) is 3.81. The molecule has 0 aliphatic carbocycles. The smallest absolute Gasteiger partial charge is 0.243 e. The second-order valence-electron chi connectivity index (χ2n) is 6.75. The fraction of sp³-hybridized carbons (Fsp3) is 0.471. The number of nitrogens with one attached hydrogen (secondary N) is 2. The Balaban J connectivity index is 1.69. The minimum Gasteiger partial charge on any atom is -0.352 e. The predicted molar refractivity (Wildman–Crippen MR) is 94.7 cm³/mol. The van der Waals surface area contributed by atoms with Crippen LogP contribution in [0.4, 0.5) is 0 Å². The average Bonchev–Trinajstić information content (AvgIpc) is 3.22. The van der Waals surface area contributed by atoms with Crippen LogP contribution in [0.25, 0.3) is 11.4 Å². The number of pyridine rings is 1. The lowest BCUT2D eigenvalue weighted by Gasteiger charge is -2.24. The van der Waals surface area contributed by atoms with Crippen molar-refractivity contribution in [1.82, 2.24) is 30.4 Å². The molecule has 9 heteroatoms.